The van der Waals surface area contributed by atoms with Gasteiger partial charge in [0.15, 0.2) is 6.61 Å². The molecule has 0 spiro atoms. The van der Waals surface area contributed by atoms with Crippen LogP contribution in [0.4, 0.5) is 11.6 Å². The Morgan fingerprint density at radius 2 is 1.49 bits per heavy atom. The van der Waals surface area contributed by atoms with Crippen molar-refractivity contribution in [3.63, 3.8) is 0 Å². The average Bonchev–Trinajstić information content (AvgIpc) is 3.33. The number of nitro benzene ring substituents is 1. The Bertz CT molecular complexity index is 1550. The predicted octanol–water partition coefficient (Wildman–Crippen LogP) is 5.21. The summed E-state index contributed by atoms with van der Waals surface area (Å²) in [5.74, 6) is -0.144. The molecule has 0 aliphatic carbocycles. The molecule has 4 rings (SSSR count). The lowest BCUT2D eigenvalue weighted by Crippen LogP contribution is -2.21. The molecule has 0 radical (unpaired) electrons. The number of hydrogen-bond donors (Lipinski definition) is 1. The van der Waals surface area contributed by atoms with E-state index in [2.05, 4.69) is 11.4 Å². The molecule has 0 saturated heterocycles. The minimum atomic E-state index is -0.849. The van der Waals surface area contributed by atoms with Gasteiger partial charge in [-0.05, 0) is 54.1 Å². The summed E-state index contributed by atoms with van der Waals surface area (Å²) in [6.07, 6.45) is 0. The number of ether oxygens (including phenoxy) is 3. The quantitative estimate of drug-likeness (QED) is 0.176. The number of non-ortho nitro benzene ring substituents is 1. The van der Waals surface area contributed by atoms with Crippen molar-refractivity contribution in [2.45, 2.75) is 0 Å². The minimum Gasteiger partial charge on any atom is -0.497 e. The van der Waals surface area contributed by atoms with Crippen LogP contribution in [0.3, 0.4) is 0 Å². The van der Waals surface area contributed by atoms with Crippen LogP contribution in [0.5, 0.6) is 11.5 Å². The maximum Gasteiger partial charge on any atom is 0.338 e. The smallest absolute Gasteiger partial charge is 0.338 e. The lowest BCUT2D eigenvalue weighted by molar-refractivity contribution is -0.384. The molecular weight excluding hydrogens is 506 g/mol. The topological polar surface area (TPSA) is 154 Å². The lowest BCUT2D eigenvalue weighted by atomic mass is 9.98. The van der Waals surface area contributed by atoms with E-state index >= 15 is 0 Å². The van der Waals surface area contributed by atoms with Crippen LogP contribution in [-0.4, -0.2) is 37.6 Å². The lowest BCUT2D eigenvalue weighted by Gasteiger charge is -2.06. The van der Waals surface area contributed by atoms with Gasteiger partial charge in [-0.15, -0.1) is 0 Å². The highest BCUT2D eigenvalue weighted by molar-refractivity contribution is 5.98. The number of anilines is 1. The summed E-state index contributed by atoms with van der Waals surface area (Å²) in [4.78, 5) is 35.1. The van der Waals surface area contributed by atoms with Crippen molar-refractivity contribution < 1.29 is 33.1 Å². The van der Waals surface area contributed by atoms with E-state index in [-0.39, 0.29) is 22.7 Å². The van der Waals surface area contributed by atoms with Crippen molar-refractivity contribution in [2.24, 2.45) is 0 Å². The molecule has 39 heavy (non-hydrogen) atoms. The number of rotatable bonds is 9. The van der Waals surface area contributed by atoms with Gasteiger partial charge in [0.05, 0.1) is 24.7 Å². The van der Waals surface area contributed by atoms with Gasteiger partial charge >= 0.3 is 5.97 Å². The van der Waals surface area contributed by atoms with E-state index in [1.54, 1.807) is 62.8 Å². The third-order valence-corrected chi connectivity index (χ3v) is 5.65. The van der Waals surface area contributed by atoms with E-state index in [1.165, 1.54) is 12.1 Å². The van der Waals surface area contributed by atoms with Crippen LogP contribution in [0, 0.1) is 21.4 Å². The van der Waals surface area contributed by atoms with Crippen molar-refractivity contribution in [1.82, 2.24) is 0 Å². The Labute approximate surface area is 222 Å². The molecule has 4 aromatic rings. The van der Waals surface area contributed by atoms with E-state index in [0.29, 0.717) is 33.9 Å². The number of methoxy groups -OCH3 is 2. The van der Waals surface area contributed by atoms with Crippen molar-refractivity contribution in [1.29, 1.82) is 5.26 Å². The number of nitrogens with one attached hydrogen (secondary N) is 1. The molecule has 0 saturated carbocycles. The first-order chi connectivity index (χ1) is 18.8. The molecule has 0 fully saturated rings. The van der Waals surface area contributed by atoms with Crippen molar-refractivity contribution in [2.75, 3.05) is 26.1 Å². The molecule has 0 atom stereocenters. The zero-order valence-corrected chi connectivity index (χ0v) is 20.8. The molecule has 1 N–H and O–H groups in total. The van der Waals surface area contributed by atoms with E-state index < -0.39 is 23.4 Å². The van der Waals surface area contributed by atoms with Crippen LogP contribution in [-0.2, 0) is 9.53 Å². The standard InChI is InChI=1S/C28H21N3O8/c1-36-21-11-5-17(6-12-21)25-23(15-29)27(39-26(25)18-7-13-22(37-2)14-8-18)30-24(32)16-38-28(33)19-3-9-20(10-4-19)31(34)35/h3-14H,16H2,1-2H3,(H,30,32). The van der Waals surface area contributed by atoms with Crippen LogP contribution < -0.4 is 14.8 Å². The molecule has 1 amide bonds. The highest BCUT2D eigenvalue weighted by Crippen LogP contribution is 2.42. The minimum absolute atomic E-state index is 0.0349. The van der Waals surface area contributed by atoms with E-state index in [0.717, 1.165) is 12.1 Å². The summed E-state index contributed by atoms with van der Waals surface area (Å²) in [5.41, 5.74) is 1.64. The number of esters is 1. The third-order valence-electron chi connectivity index (χ3n) is 5.65. The predicted molar refractivity (Wildman–Crippen MR) is 139 cm³/mol. The number of furan rings is 1. The first kappa shape index (κ1) is 26.4. The molecule has 1 aromatic heterocycles. The highest BCUT2D eigenvalue weighted by Gasteiger charge is 2.25. The first-order valence-corrected chi connectivity index (χ1v) is 11.4. The van der Waals surface area contributed by atoms with Gasteiger partial charge in [0, 0.05) is 23.3 Å². The molecule has 1 heterocycles. The maximum atomic E-state index is 12.6. The molecule has 196 valence electrons. The largest absolute Gasteiger partial charge is 0.497 e. The van der Waals surface area contributed by atoms with Gasteiger partial charge in [0.1, 0.15) is 28.9 Å². The number of nitrogens with zero attached hydrogens (tertiary/aromatic N) is 2. The fourth-order valence-electron chi connectivity index (χ4n) is 3.70. The van der Waals surface area contributed by atoms with E-state index in [9.17, 15) is 25.0 Å². The highest BCUT2D eigenvalue weighted by atomic mass is 16.6. The Hall–Kier alpha value is -5.63. The van der Waals surface area contributed by atoms with Crippen molar-refractivity contribution in [3.8, 4) is 40.0 Å². The van der Waals surface area contributed by atoms with Crippen LogP contribution in [0.25, 0.3) is 22.5 Å². The second-order valence-corrected chi connectivity index (χ2v) is 8.01. The molecule has 0 unspecified atom stereocenters. The summed E-state index contributed by atoms with van der Waals surface area (Å²) >= 11 is 0. The summed E-state index contributed by atoms with van der Waals surface area (Å²) in [6, 6.07) is 20.8. The zero-order chi connectivity index (χ0) is 27.9. The van der Waals surface area contributed by atoms with Gasteiger partial charge in [-0.25, -0.2) is 4.79 Å². The monoisotopic (exact) mass is 527 g/mol. The summed E-state index contributed by atoms with van der Waals surface area (Å²) in [5, 5.41) is 23.3. The maximum absolute atomic E-state index is 12.6. The molecule has 11 nitrogen and oxygen atoms in total. The Morgan fingerprint density at radius 3 is 2.00 bits per heavy atom. The molecular formula is C28H21N3O8. The van der Waals surface area contributed by atoms with Gasteiger partial charge in [-0.1, -0.05) is 12.1 Å². The fourth-order valence-corrected chi connectivity index (χ4v) is 3.70. The van der Waals surface area contributed by atoms with Gasteiger partial charge in [0.2, 0.25) is 5.88 Å². The number of amides is 1. The number of nitriles is 1. The van der Waals surface area contributed by atoms with Crippen molar-refractivity contribution in [3.05, 3.63) is 94.0 Å². The SMILES string of the molecule is COc1ccc(-c2oc(NC(=O)COC(=O)c3ccc([N+](=O)[O-])cc3)c(C#N)c2-c2ccc(OC)cc2)cc1. The average molecular weight is 527 g/mol. The van der Waals surface area contributed by atoms with Gasteiger partial charge in [-0.3, -0.25) is 20.2 Å². The van der Waals surface area contributed by atoms with E-state index in [4.69, 9.17) is 18.6 Å². The molecule has 3 aromatic carbocycles. The van der Waals surface area contributed by atoms with Crippen LogP contribution in [0.2, 0.25) is 0 Å². The molecule has 11 heteroatoms. The van der Waals surface area contributed by atoms with Gasteiger partial charge in [-0.2, -0.15) is 5.26 Å². The third kappa shape index (κ3) is 5.86. The van der Waals surface area contributed by atoms with Crippen LogP contribution in [0.1, 0.15) is 15.9 Å². The Kier molecular flexibility index (Phi) is 7.87. The first-order valence-electron chi connectivity index (χ1n) is 11.4. The van der Waals surface area contributed by atoms with Gasteiger partial charge in [0.25, 0.3) is 11.6 Å². The summed E-state index contributed by atoms with van der Waals surface area (Å²) in [6.45, 7) is -0.683. The molecule has 0 bridgehead atoms. The number of benzene rings is 3. The van der Waals surface area contributed by atoms with Crippen LogP contribution in [0.15, 0.2) is 77.2 Å². The van der Waals surface area contributed by atoms with Crippen LogP contribution >= 0.6 is 0 Å². The number of hydrogen-bond acceptors (Lipinski definition) is 9. The Balaban J connectivity index is 1.60. The molecule has 0 aliphatic heterocycles. The normalized spacial score (nSPS) is 10.3. The van der Waals surface area contributed by atoms with Crippen molar-refractivity contribution >= 4 is 23.4 Å². The molecule has 0 aliphatic rings. The zero-order valence-electron chi connectivity index (χ0n) is 20.8. The number of carbonyl (C=O) groups excluding carboxylic acids is 2. The van der Waals surface area contributed by atoms with Gasteiger partial charge < -0.3 is 18.6 Å². The second kappa shape index (κ2) is 11.6. The summed E-state index contributed by atoms with van der Waals surface area (Å²) < 4.78 is 21.4. The second-order valence-electron chi connectivity index (χ2n) is 8.01. The number of nitro groups is 1. The fraction of sp³-hybridized carbons (Fsp3) is 0.107. The van der Waals surface area contributed by atoms with E-state index in [1.807, 2.05) is 0 Å². The summed E-state index contributed by atoms with van der Waals surface area (Å²) in [7, 11) is 3.08. The number of carbonyl (C=O) groups is 2. The Morgan fingerprint density at radius 1 is 0.923 bits per heavy atom.